The van der Waals surface area contributed by atoms with E-state index in [1.807, 2.05) is 20.8 Å². The number of Topliss-reactive ketones (excluding diaryl/α,β-unsaturated/α-hetero) is 1. The molecule has 0 radical (unpaired) electrons. The summed E-state index contributed by atoms with van der Waals surface area (Å²) in [6, 6.07) is -0.409. The summed E-state index contributed by atoms with van der Waals surface area (Å²) in [5, 5.41) is 2.77. The summed E-state index contributed by atoms with van der Waals surface area (Å²) in [5.74, 6) is 0.663. The number of ether oxygens (including phenoxy) is 1. The van der Waals surface area contributed by atoms with Gasteiger partial charge in [-0.3, -0.25) is 4.79 Å². The zero-order chi connectivity index (χ0) is 15.3. The highest BCUT2D eigenvalue weighted by molar-refractivity contribution is 5.89. The van der Waals surface area contributed by atoms with Crippen molar-refractivity contribution in [1.29, 1.82) is 0 Å². The fourth-order valence-electron chi connectivity index (χ4n) is 2.66. The fourth-order valence-corrected chi connectivity index (χ4v) is 2.66. The number of hydrogen-bond donors (Lipinski definition) is 1. The molecular weight excluding hydrogens is 254 g/mol. The lowest BCUT2D eigenvalue weighted by molar-refractivity contribution is -0.125. The average molecular weight is 283 g/mol. The molecule has 0 aromatic heterocycles. The van der Waals surface area contributed by atoms with Crippen LogP contribution in [0.1, 0.15) is 66.7 Å². The highest BCUT2D eigenvalue weighted by Gasteiger charge is 2.31. The van der Waals surface area contributed by atoms with Crippen LogP contribution in [-0.2, 0) is 9.53 Å². The molecule has 20 heavy (non-hydrogen) atoms. The van der Waals surface area contributed by atoms with Gasteiger partial charge >= 0.3 is 6.09 Å². The Morgan fingerprint density at radius 2 is 1.75 bits per heavy atom. The third-order valence-electron chi connectivity index (χ3n) is 3.50. The van der Waals surface area contributed by atoms with Crippen LogP contribution in [0, 0.1) is 11.8 Å². The van der Waals surface area contributed by atoms with Crippen molar-refractivity contribution in [3.63, 3.8) is 0 Å². The Labute approximate surface area is 122 Å². The first-order chi connectivity index (χ1) is 9.19. The first kappa shape index (κ1) is 17.0. The van der Waals surface area contributed by atoms with E-state index in [1.165, 1.54) is 0 Å². The zero-order valence-corrected chi connectivity index (χ0v) is 13.5. The monoisotopic (exact) mass is 283 g/mol. The number of carbonyl (C=O) groups excluding carboxylic acids is 2. The molecule has 4 heteroatoms. The molecule has 0 unspecified atom stereocenters. The van der Waals surface area contributed by atoms with Crippen LogP contribution in [-0.4, -0.2) is 23.5 Å². The standard InChI is InChI=1S/C16H29NO3/c1-11(2)10-13(14(18)12-8-6-7-9-12)17-15(19)20-16(3,4)5/h11-13H,6-10H2,1-5H3,(H,17,19)/t13-/m0/s1. The van der Waals surface area contributed by atoms with Gasteiger partial charge in [-0.2, -0.15) is 0 Å². The molecule has 0 heterocycles. The highest BCUT2D eigenvalue weighted by atomic mass is 16.6. The van der Waals surface area contributed by atoms with Gasteiger partial charge in [0.1, 0.15) is 5.60 Å². The molecule has 1 fully saturated rings. The summed E-state index contributed by atoms with van der Waals surface area (Å²) in [4.78, 5) is 24.4. The Balaban J connectivity index is 2.63. The van der Waals surface area contributed by atoms with E-state index in [9.17, 15) is 9.59 Å². The number of amides is 1. The van der Waals surface area contributed by atoms with Crippen LogP contribution in [0.4, 0.5) is 4.79 Å². The summed E-state index contributed by atoms with van der Waals surface area (Å²) in [7, 11) is 0. The number of ketones is 1. The molecule has 1 N–H and O–H groups in total. The molecule has 1 aliphatic rings. The Morgan fingerprint density at radius 1 is 1.20 bits per heavy atom. The van der Waals surface area contributed by atoms with Gasteiger partial charge in [0.15, 0.2) is 5.78 Å². The van der Waals surface area contributed by atoms with Crippen LogP contribution < -0.4 is 5.32 Å². The van der Waals surface area contributed by atoms with E-state index in [2.05, 4.69) is 19.2 Å². The highest BCUT2D eigenvalue weighted by Crippen LogP contribution is 2.27. The lowest BCUT2D eigenvalue weighted by Crippen LogP contribution is -2.46. The van der Waals surface area contributed by atoms with Crippen molar-refractivity contribution in [3.05, 3.63) is 0 Å². The summed E-state index contributed by atoms with van der Waals surface area (Å²) < 4.78 is 5.26. The second kappa shape index (κ2) is 7.09. The SMILES string of the molecule is CC(C)C[C@H](NC(=O)OC(C)(C)C)C(=O)C1CCCC1. The second-order valence-electron chi connectivity index (χ2n) is 7.21. The van der Waals surface area contributed by atoms with Gasteiger partial charge in [-0.25, -0.2) is 4.79 Å². The van der Waals surface area contributed by atoms with Crippen molar-refractivity contribution in [1.82, 2.24) is 5.32 Å². The maximum Gasteiger partial charge on any atom is 0.408 e. The van der Waals surface area contributed by atoms with E-state index in [0.29, 0.717) is 12.3 Å². The number of nitrogens with one attached hydrogen (secondary N) is 1. The maximum atomic E-state index is 12.5. The van der Waals surface area contributed by atoms with Gasteiger partial charge in [0.25, 0.3) is 0 Å². The number of hydrogen-bond acceptors (Lipinski definition) is 3. The normalized spacial score (nSPS) is 18.1. The molecule has 1 atom stereocenters. The molecule has 4 nitrogen and oxygen atoms in total. The lowest BCUT2D eigenvalue weighted by atomic mass is 9.91. The number of carbonyl (C=O) groups is 2. The lowest BCUT2D eigenvalue weighted by Gasteiger charge is -2.25. The van der Waals surface area contributed by atoms with E-state index in [0.717, 1.165) is 25.7 Å². The first-order valence-electron chi connectivity index (χ1n) is 7.72. The molecule has 1 aliphatic carbocycles. The molecule has 0 bridgehead atoms. The number of alkyl carbamates (subject to hydrolysis) is 1. The quantitative estimate of drug-likeness (QED) is 0.837. The van der Waals surface area contributed by atoms with E-state index in [4.69, 9.17) is 4.74 Å². The van der Waals surface area contributed by atoms with Crippen molar-refractivity contribution in [2.75, 3.05) is 0 Å². The predicted molar refractivity (Wildman–Crippen MR) is 79.6 cm³/mol. The Hall–Kier alpha value is -1.06. The largest absolute Gasteiger partial charge is 0.444 e. The summed E-state index contributed by atoms with van der Waals surface area (Å²) in [6.07, 6.45) is 4.35. The van der Waals surface area contributed by atoms with Gasteiger partial charge in [0.2, 0.25) is 0 Å². The Kier molecular flexibility index (Phi) is 6.03. The van der Waals surface area contributed by atoms with E-state index < -0.39 is 17.7 Å². The molecule has 0 saturated heterocycles. The molecule has 1 rings (SSSR count). The predicted octanol–water partition coefficient (Wildman–Crippen LogP) is 3.69. The van der Waals surface area contributed by atoms with Crippen LogP contribution in [0.2, 0.25) is 0 Å². The Bertz CT molecular complexity index is 338. The van der Waals surface area contributed by atoms with Crippen molar-refractivity contribution in [3.8, 4) is 0 Å². The molecule has 0 aromatic carbocycles. The van der Waals surface area contributed by atoms with Crippen LogP contribution in [0.3, 0.4) is 0 Å². The first-order valence-corrected chi connectivity index (χ1v) is 7.72. The summed E-state index contributed by atoms with van der Waals surface area (Å²) in [6.45, 7) is 9.59. The summed E-state index contributed by atoms with van der Waals surface area (Å²) in [5.41, 5.74) is -0.539. The van der Waals surface area contributed by atoms with E-state index in [1.54, 1.807) is 0 Å². The molecule has 0 spiro atoms. The van der Waals surface area contributed by atoms with Crippen LogP contribution in [0.15, 0.2) is 0 Å². The second-order valence-corrected chi connectivity index (χ2v) is 7.21. The Morgan fingerprint density at radius 3 is 2.20 bits per heavy atom. The minimum absolute atomic E-state index is 0.119. The molecule has 0 aromatic rings. The van der Waals surface area contributed by atoms with Gasteiger partial charge < -0.3 is 10.1 Å². The van der Waals surface area contributed by atoms with Gasteiger partial charge in [0.05, 0.1) is 6.04 Å². The van der Waals surface area contributed by atoms with Crippen LogP contribution >= 0.6 is 0 Å². The average Bonchev–Trinajstić information content (AvgIpc) is 2.76. The van der Waals surface area contributed by atoms with Crippen LogP contribution in [0.25, 0.3) is 0 Å². The van der Waals surface area contributed by atoms with Crippen molar-refractivity contribution < 1.29 is 14.3 Å². The van der Waals surface area contributed by atoms with Crippen molar-refractivity contribution >= 4 is 11.9 Å². The third-order valence-corrected chi connectivity index (χ3v) is 3.50. The molecule has 1 saturated carbocycles. The maximum absolute atomic E-state index is 12.5. The molecular formula is C16H29NO3. The zero-order valence-electron chi connectivity index (χ0n) is 13.5. The minimum atomic E-state index is -0.539. The van der Waals surface area contributed by atoms with E-state index in [-0.39, 0.29) is 11.7 Å². The van der Waals surface area contributed by atoms with Gasteiger partial charge in [-0.15, -0.1) is 0 Å². The van der Waals surface area contributed by atoms with Gasteiger partial charge in [-0.05, 0) is 46.0 Å². The number of rotatable bonds is 5. The van der Waals surface area contributed by atoms with Gasteiger partial charge in [0, 0.05) is 5.92 Å². The smallest absolute Gasteiger partial charge is 0.408 e. The topological polar surface area (TPSA) is 55.4 Å². The third kappa shape index (κ3) is 5.93. The van der Waals surface area contributed by atoms with E-state index >= 15 is 0 Å². The van der Waals surface area contributed by atoms with Crippen molar-refractivity contribution in [2.24, 2.45) is 11.8 Å². The summed E-state index contributed by atoms with van der Waals surface area (Å²) >= 11 is 0. The molecule has 0 aliphatic heterocycles. The minimum Gasteiger partial charge on any atom is -0.444 e. The fraction of sp³-hybridized carbons (Fsp3) is 0.875. The van der Waals surface area contributed by atoms with Crippen LogP contribution in [0.5, 0.6) is 0 Å². The molecule has 116 valence electrons. The van der Waals surface area contributed by atoms with Gasteiger partial charge in [-0.1, -0.05) is 26.7 Å². The van der Waals surface area contributed by atoms with Crippen molar-refractivity contribution in [2.45, 2.75) is 78.4 Å². The molecule has 1 amide bonds.